The fraction of sp³-hybridized carbons (Fsp3) is 0.381. The summed E-state index contributed by atoms with van der Waals surface area (Å²) in [5.41, 5.74) is 1.75. The molecular weight excluding hydrogens is 344 g/mol. The number of para-hydroxylation sites is 1. The SMILES string of the molecule is COc1cccc(C(=O)N2CCN(Cc3cccc(OC)c3OC)CC2)c1. The molecule has 6 heteroatoms. The Balaban J connectivity index is 1.61. The Morgan fingerprint density at radius 3 is 2.33 bits per heavy atom. The Hall–Kier alpha value is -2.73. The topological polar surface area (TPSA) is 51.2 Å². The fourth-order valence-electron chi connectivity index (χ4n) is 3.37. The number of nitrogens with zero attached hydrogens (tertiary/aromatic N) is 2. The summed E-state index contributed by atoms with van der Waals surface area (Å²) in [7, 11) is 4.91. The number of carbonyl (C=O) groups excluding carboxylic acids is 1. The van der Waals surface area contributed by atoms with E-state index in [0.717, 1.165) is 36.7 Å². The van der Waals surface area contributed by atoms with E-state index < -0.39 is 0 Å². The van der Waals surface area contributed by atoms with Gasteiger partial charge in [-0.2, -0.15) is 0 Å². The maximum atomic E-state index is 12.7. The summed E-state index contributed by atoms with van der Waals surface area (Å²) in [5, 5.41) is 0. The Morgan fingerprint density at radius 1 is 0.926 bits per heavy atom. The second-order valence-electron chi connectivity index (χ2n) is 6.45. The van der Waals surface area contributed by atoms with Crippen LogP contribution in [0.5, 0.6) is 17.2 Å². The van der Waals surface area contributed by atoms with Crippen molar-refractivity contribution in [3.63, 3.8) is 0 Å². The van der Waals surface area contributed by atoms with Gasteiger partial charge < -0.3 is 19.1 Å². The van der Waals surface area contributed by atoms with Gasteiger partial charge in [0, 0.05) is 43.9 Å². The summed E-state index contributed by atoms with van der Waals surface area (Å²) in [5.74, 6) is 2.26. The Labute approximate surface area is 160 Å². The van der Waals surface area contributed by atoms with Crippen LogP contribution in [0.4, 0.5) is 0 Å². The highest BCUT2D eigenvalue weighted by Crippen LogP contribution is 2.31. The smallest absolute Gasteiger partial charge is 0.254 e. The first kappa shape index (κ1) is 19.0. The number of hydrogen-bond donors (Lipinski definition) is 0. The third kappa shape index (κ3) is 4.34. The molecule has 2 aromatic rings. The van der Waals surface area contributed by atoms with E-state index in [-0.39, 0.29) is 5.91 Å². The first-order valence-electron chi connectivity index (χ1n) is 9.01. The fourth-order valence-corrected chi connectivity index (χ4v) is 3.37. The van der Waals surface area contributed by atoms with Crippen molar-refractivity contribution < 1.29 is 19.0 Å². The molecule has 0 spiro atoms. The van der Waals surface area contributed by atoms with Gasteiger partial charge in [-0.05, 0) is 24.3 Å². The van der Waals surface area contributed by atoms with Crippen LogP contribution in [-0.2, 0) is 6.54 Å². The highest BCUT2D eigenvalue weighted by Gasteiger charge is 2.23. The lowest BCUT2D eigenvalue weighted by Crippen LogP contribution is -2.48. The number of ether oxygens (including phenoxy) is 3. The van der Waals surface area contributed by atoms with E-state index in [2.05, 4.69) is 11.0 Å². The third-order valence-corrected chi connectivity index (χ3v) is 4.85. The van der Waals surface area contributed by atoms with E-state index in [0.29, 0.717) is 24.4 Å². The normalized spacial score (nSPS) is 14.7. The van der Waals surface area contributed by atoms with Crippen molar-refractivity contribution in [1.29, 1.82) is 0 Å². The lowest BCUT2D eigenvalue weighted by atomic mass is 10.1. The van der Waals surface area contributed by atoms with Crippen LogP contribution < -0.4 is 14.2 Å². The minimum atomic E-state index is 0.0486. The van der Waals surface area contributed by atoms with Gasteiger partial charge in [-0.15, -0.1) is 0 Å². The van der Waals surface area contributed by atoms with Crippen LogP contribution in [0.25, 0.3) is 0 Å². The van der Waals surface area contributed by atoms with E-state index in [4.69, 9.17) is 14.2 Å². The third-order valence-electron chi connectivity index (χ3n) is 4.85. The summed E-state index contributed by atoms with van der Waals surface area (Å²) in [6.07, 6.45) is 0. The number of methoxy groups -OCH3 is 3. The number of benzene rings is 2. The molecule has 1 fully saturated rings. The van der Waals surface area contributed by atoms with Crippen LogP contribution in [-0.4, -0.2) is 63.2 Å². The minimum Gasteiger partial charge on any atom is -0.497 e. The summed E-state index contributed by atoms with van der Waals surface area (Å²) in [6, 6.07) is 13.2. The van der Waals surface area contributed by atoms with E-state index >= 15 is 0 Å². The lowest BCUT2D eigenvalue weighted by Gasteiger charge is -2.35. The standard InChI is InChI=1S/C21H26N2O4/c1-25-18-8-4-6-16(14-18)21(24)23-12-10-22(11-13-23)15-17-7-5-9-19(26-2)20(17)27-3/h4-9,14H,10-13,15H2,1-3H3. The van der Waals surface area contributed by atoms with Crippen molar-refractivity contribution in [1.82, 2.24) is 9.80 Å². The molecule has 0 atom stereocenters. The first-order chi connectivity index (χ1) is 13.2. The zero-order valence-corrected chi connectivity index (χ0v) is 16.1. The Morgan fingerprint density at radius 2 is 1.67 bits per heavy atom. The first-order valence-corrected chi connectivity index (χ1v) is 9.01. The molecule has 0 aliphatic carbocycles. The second-order valence-corrected chi connectivity index (χ2v) is 6.45. The maximum Gasteiger partial charge on any atom is 0.254 e. The molecule has 0 aromatic heterocycles. The number of carbonyl (C=O) groups is 1. The molecule has 27 heavy (non-hydrogen) atoms. The van der Waals surface area contributed by atoms with Gasteiger partial charge in [0.15, 0.2) is 11.5 Å². The monoisotopic (exact) mass is 370 g/mol. The van der Waals surface area contributed by atoms with Crippen molar-refractivity contribution in [2.24, 2.45) is 0 Å². The minimum absolute atomic E-state index is 0.0486. The quantitative estimate of drug-likeness (QED) is 0.783. The predicted octanol–water partition coefficient (Wildman–Crippen LogP) is 2.67. The molecule has 2 aromatic carbocycles. The van der Waals surface area contributed by atoms with E-state index in [1.165, 1.54) is 0 Å². The van der Waals surface area contributed by atoms with Crippen molar-refractivity contribution >= 4 is 5.91 Å². The molecule has 6 nitrogen and oxygen atoms in total. The molecule has 3 rings (SSSR count). The van der Waals surface area contributed by atoms with Crippen LogP contribution in [0.3, 0.4) is 0 Å². The zero-order chi connectivity index (χ0) is 19.2. The highest BCUT2D eigenvalue weighted by molar-refractivity contribution is 5.94. The van der Waals surface area contributed by atoms with Gasteiger partial charge in [0.05, 0.1) is 21.3 Å². The molecular formula is C21H26N2O4. The van der Waals surface area contributed by atoms with Crippen molar-refractivity contribution in [2.45, 2.75) is 6.54 Å². The van der Waals surface area contributed by atoms with Crippen molar-refractivity contribution in [2.75, 3.05) is 47.5 Å². The molecule has 0 saturated carbocycles. The van der Waals surface area contributed by atoms with E-state index in [9.17, 15) is 4.79 Å². The number of hydrogen-bond acceptors (Lipinski definition) is 5. The van der Waals surface area contributed by atoms with E-state index in [1.807, 2.05) is 35.2 Å². The van der Waals surface area contributed by atoms with Crippen LogP contribution in [0.2, 0.25) is 0 Å². The van der Waals surface area contributed by atoms with E-state index in [1.54, 1.807) is 27.4 Å². The number of piperazine rings is 1. The van der Waals surface area contributed by atoms with Gasteiger partial charge in [-0.3, -0.25) is 9.69 Å². The number of amides is 1. The molecule has 0 N–H and O–H groups in total. The van der Waals surface area contributed by atoms with Crippen LogP contribution in [0.1, 0.15) is 15.9 Å². The number of rotatable bonds is 6. The molecule has 0 unspecified atom stereocenters. The van der Waals surface area contributed by atoms with Gasteiger partial charge in [0.1, 0.15) is 5.75 Å². The Bertz CT molecular complexity index is 786. The second kappa shape index (κ2) is 8.77. The van der Waals surface area contributed by atoms with Gasteiger partial charge in [-0.25, -0.2) is 0 Å². The zero-order valence-electron chi connectivity index (χ0n) is 16.1. The Kier molecular flexibility index (Phi) is 6.19. The predicted molar refractivity (Wildman–Crippen MR) is 104 cm³/mol. The molecule has 1 heterocycles. The summed E-state index contributed by atoms with van der Waals surface area (Å²) in [4.78, 5) is 17.0. The molecule has 1 aliphatic rings. The molecule has 0 bridgehead atoms. The van der Waals surface area contributed by atoms with Crippen molar-refractivity contribution in [3.05, 3.63) is 53.6 Å². The van der Waals surface area contributed by atoms with Gasteiger partial charge in [0.25, 0.3) is 5.91 Å². The van der Waals surface area contributed by atoms with Gasteiger partial charge in [-0.1, -0.05) is 18.2 Å². The largest absolute Gasteiger partial charge is 0.497 e. The molecule has 0 radical (unpaired) electrons. The summed E-state index contributed by atoms with van der Waals surface area (Å²) < 4.78 is 16.1. The van der Waals surface area contributed by atoms with Crippen LogP contribution in [0.15, 0.2) is 42.5 Å². The maximum absolute atomic E-state index is 12.7. The molecule has 1 aliphatic heterocycles. The molecule has 1 amide bonds. The summed E-state index contributed by atoms with van der Waals surface area (Å²) in [6.45, 7) is 3.79. The average Bonchev–Trinajstić information content (AvgIpc) is 2.73. The summed E-state index contributed by atoms with van der Waals surface area (Å²) >= 11 is 0. The van der Waals surface area contributed by atoms with Crippen molar-refractivity contribution in [3.8, 4) is 17.2 Å². The van der Waals surface area contributed by atoms with Gasteiger partial charge >= 0.3 is 0 Å². The van der Waals surface area contributed by atoms with Gasteiger partial charge in [0.2, 0.25) is 0 Å². The molecule has 1 saturated heterocycles. The average molecular weight is 370 g/mol. The van der Waals surface area contributed by atoms with Crippen LogP contribution in [0, 0.1) is 0 Å². The lowest BCUT2D eigenvalue weighted by molar-refractivity contribution is 0.0627. The molecule has 144 valence electrons. The van der Waals surface area contributed by atoms with Crippen LogP contribution >= 0.6 is 0 Å². The highest BCUT2D eigenvalue weighted by atomic mass is 16.5.